The summed E-state index contributed by atoms with van der Waals surface area (Å²) in [5.74, 6) is -0.240. The number of hydrazone groups is 1. The second-order valence-electron chi connectivity index (χ2n) is 5.84. The van der Waals surface area contributed by atoms with Gasteiger partial charge in [-0.05, 0) is 35.4 Å². The van der Waals surface area contributed by atoms with Gasteiger partial charge in [0.1, 0.15) is 0 Å². The molecule has 1 saturated heterocycles. The van der Waals surface area contributed by atoms with Crippen molar-refractivity contribution in [2.45, 2.75) is 6.54 Å². The van der Waals surface area contributed by atoms with Gasteiger partial charge in [0.25, 0.3) is 5.91 Å². The van der Waals surface area contributed by atoms with Crippen molar-refractivity contribution in [3.05, 3.63) is 70.2 Å². The number of rotatable bonds is 5. The molecule has 0 aliphatic carbocycles. The van der Waals surface area contributed by atoms with Crippen molar-refractivity contribution in [2.24, 2.45) is 5.10 Å². The van der Waals surface area contributed by atoms with Crippen molar-refractivity contribution >= 4 is 23.7 Å². The van der Waals surface area contributed by atoms with Crippen LogP contribution in [0.25, 0.3) is 0 Å². The number of nitrogens with zero attached hydrogens (tertiary/aromatic N) is 2. The van der Waals surface area contributed by atoms with Crippen LogP contribution >= 0.6 is 11.6 Å². The van der Waals surface area contributed by atoms with Crippen LogP contribution in [0.1, 0.15) is 21.5 Å². The molecule has 1 amide bonds. The molecule has 25 heavy (non-hydrogen) atoms. The summed E-state index contributed by atoms with van der Waals surface area (Å²) < 4.78 is 5.35. The molecule has 0 atom stereocenters. The Hall–Kier alpha value is -2.21. The maximum absolute atomic E-state index is 12.1. The molecular formula is C19H20ClN3O2. The van der Waals surface area contributed by atoms with Gasteiger partial charge in [0, 0.05) is 30.2 Å². The average Bonchev–Trinajstić information content (AvgIpc) is 2.63. The van der Waals surface area contributed by atoms with Crippen molar-refractivity contribution in [2.75, 3.05) is 26.3 Å². The second kappa shape index (κ2) is 8.76. The van der Waals surface area contributed by atoms with Crippen molar-refractivity contribution in [1.29, 1.82) is 0 Å². The van der Waals surface area contributed by atoms with Gasteiger partial charge in [-0.1, -0.05) is 35.9 Å². The molecule has 3 rings (SSSR count). The number of hydrogen-bond acceptors (Lipinski definition) is 4. The Kier molecular flexibility index (Phi) is 6.17. The minimum absolute atomic E-state index is 0.240. The molecule has 0 bridgehead atoms. The van der Waals surface area contributed by atoms with Crippen LogP contribution in [-0.2, 0) is 11.3 Å². The van der Waals surface area contributed by atoms with Crippen LogP contribution in [0, 0.1) is 0 Å². The lowest BCUT2D eigenvalue weighted by Gasteiger charge is -2.26. The molecule has 6 heteroatoms. The van der Waals surface area contributed by atoms with E-state index in [1.807, 2.05) is 36.4 Å². The molecule has 0 radical (unpaired) electrons. The molecule has 2 aromatic carbocycles. The highest BCUT2D eigenvalue weighted by Crippen LogP contribution is 2.10. The zero-order valence-electron chi connectivity index (χ0n) is 13.8. The van der Waals surface area contributed by atoms with Crippen molar-refractivity contribution in [3.8, 4) is 0 Å². The van der Waals surface area contributed by atoms with Crippen LogP contribution in [0.5, 0.6) is 0 Å². The summed E-state index contributed by atoms with van der Waals surface area (Å²) in [5, 5.41) is 4.60. The summed E-state index contributed by atoms with van der Waals surface area (Å²) in [6, 6.07) is 14.9. The molecule has 5 nitrogen and oxygen atoms in total. The van der Waals surface area contributed by atoms with E-state index in [0.29, 0.717) is 10.6 Å². The van der Waals surface area contributed by atoms with Gasteiger partial charge in [-0.25, -0.2) is 5.43 Å². The quantitative estimate of drug-likeness (QED) is 0.661. The van der Waals surface area contributed by atoms with Gasteiger partial charge in [0.15, 0.2) is 0 Å². The normalized spacial score (nSPS) is 15.4. The van der Waals surface area contributed by atoms with Crippen LogP contribution in [0.2, 0.25) is 5.02 Å². The van der Waals surface area contributed by atoms with E-state index < -0.39 is 0 Å². The molecule has 2 aromatic rings. The Morgan fingerprint density at radius 2 is 1.96 bits per heavy atom. The van der Waals surface area contributed by atoms with E-state index in [-0.39, 0.29) is 5.91 Å². The van der Waals surface area contributed by atoms with E-state index in [2.05, 4.69) is 15.4 Å². The van der Waals surface area contributed by atoms with E-state index in [1.54, 1.807) is 18.3 Å². The molecule has 0 unspecified atom stereocenters. The van der Waals surface area contributed by atoms with Crippen LogP contribution < -0.4 is 5.43 Å². The van der Waals surface area contributed by atoms with E-state index in [9.17, 15) is 4.79 Å². The number of nitrogens with one attached hydrogen (secondary N) is 1. The number of amides is 1. The number of benzene rings is 2. The van der Waals surface area contributed by atoms with Crippen molar-refractivity contribution in [3.63, 3.8) is 0 Å². The maximum Gasteiger partial charge on any atom is 0.271 e. The van der Waals surface area contributed by atoms with Crippen LogP contribution in [0.3, 0.4) is 0 Å². The SMILES string of the molecule is O=C(N/N=C/c1cccc(Cl)c1)c1ccc(CN2CCOCC2)cc1. The fourth-order valence-electron chi connectivity index (χ4n) is 2.60. The molecular weight excluding hydrogens is 338 g/mol. The minimum atomic E-state index is -0.240. The van der Waals surface area contributed by atoms with Gasteiger partial charge < -0.3 is 4.74 Å². The summed E-state index contributed by atoms with van der Waals surface area (Å²) in [6.07, 6.45) is 1.57. The van der Waals surface area contributed by atoms with Crippen molar-refractivity contribution < 1.29 is 9.53 Å². The molecule has 1 aliphatic heterocycles. The predicted molar refractivity (Wildman–Crippen MR) is 99.1 cm³/mol. The van der Waals surface area contributed by atoms with Crippen LogP contribution in [0.4, 0.5) is 0 Å². The van der Waals surface area contributed by atoms with Crippen LogP contribution in [0.15, 0.2) is 53.6 Å². The highest BCUT2D eigenvalue weighted by atomic mass is 35.5. The number of carbonyl (C=O) groups is 1. The molecule has 0 spiro atoms. The number of halogens is 1. The molecule has 0 saturated carbocycles. The molecule has 130 valence electrons. The number of hydrogen-bond donors (Lipinski definition) is 1. The summed E-state index contributed by atoms with van der Waals surface area (Å²) in [6.45, 7) is 4.33. The Bertz CT molecular complexity index is 741. The van der Waals surface area contributed by atoms with Gasteiger partial charge in [-0.15, -0.1) is 0 Å². The summed E-state index contributed by atoms with van der Waals surface area (Å²) in [5.41, 5.74) is 5.11. The second-order valence-corrected chi connectivity index (χ2v) is 6.28. The van der Waals surface area contributed by atoms with Gasteiger partial charge >= 0.3 is 0 Å². The number of ether oxygens (including phenoxy) is 1. The third-order valence-corrected chi connectivity index (χ3v) is 4.19. The first-order valence-corrected chi connectivity index (χ1v) is 8.56. The first-order chi connectivity index (χ1) is 12.2. The zero-order chi connectivity index (χ0) is 17.5. The highest BCUT2D eigenvalue weighted by molar-refractivity contribution is 6.30. The lowest BCUT2D eigenvalue weighted by atomic mass is 10.1. The third kappa shape index (κ3) is 5.39. The lowest BCUT2D eigenvalue weighted by molar-refractivity contribution is 0.0342. The Morgan fingerprint density at radius 1 is 1.20 bits per heavy atom. The summed E-state index contributed by atoms with van der Waals surface area (Å²) in [4.78, 5) is 14.5. The smallest absolute Gasteiger partial charge is 0.271 e. The molecule has 1 N–H and O–H groups in total. The van der Waals surface area contributed by atoms with Gasteiger partial charge in [0.05, 0.1) is 19.4 Å². The van der Waals surface area contributed by atoms with Gasteiger partial charge in [-0.3, -0.25) is 9.69 Å². The lowest BCUT2D eigenvalue weighted by Crippen LogP contribution is -2.35. The Balaban J connectivity index is 1.53. The number of carbonyl (C=O) groups excluding carboxylic acids is 1. The predicted octanol–water partition coefficient (Wildman–Crippen LogP) is 2.94. The molecule has 0 aromatic heterocycles. The van der Waals surface area contributed by atoms with E-state index >= 15 is 0 Å². The van der Waals surface area contributed by atoms with E-state index in [4.69, 9.17) is 16.3 Å². The Morgan fingerprint density at radius 3 is 2.68 bits per heavy atom. The van der Waals surface area contributed by atoms with E-state index in [1.165, 1.54) is 5.56 Å². The van der Waals surface area contributed by atoms with Gasteiger partial charge in [-0.2, -0.15) is 5.10 Å². The largest absolute Gasteiger partial charge is 0.379 e. The number of morpholine rings is 1. The maximum atomic E-state index is 12.1. The molecule has 1 aliphatic rings. The van der Waals surface area contributed by atoms with Crippen molar-refractivity contribution in [1.82, 2.24) is 10.3 Å². The van der Waals surface area contributed by atoms with Crippen LogP contribution in [-0.4, -0.2) is 43.3 Å². The fourth-order valence-corrected chi connectivity index (χ4v) is 2.79. The topological polar surface area (TPSA) is 53.9 Å². The fraction of sp³-hybridized carbons (Fsp3) is 0.263. The standard InChI is InChI=1S/C19H20ClN3O2/c20-18-3-1-2-16(12-18)13-21-22-19(24)17-6-4-15(5-7-17)14-23-8-10-25-11-9-23/h1-7,12-13H,8-11,14H2,(H,22,24)/b21-13+. The monoisotopic (exact) mass is 357 g/mol. The first-order valence-electron chi connectivity index (χ1n) is 8.19. The third-order valence-electron chi connectivity index (χ3n) is 3.95. The summed E-state index contributed by atoms with van der Waals surface area (Å²) in [7, 11) is 0. The molecule has 1 fully saturated rings. The van der Waals surface area contributed by atoms with E-state index in [0.717, 1.165) is 38.4 Å². The van der Waals surface area contributed by atoms with Gasteiger partial charge in [0.2, 0.25) is 0 Å². The average molecular weight is 358 g/mol. The first kappa shape index (κ1) is 17.6. The zero-order valence-corrected chi connectivity index (χ0v) is 14.6. The molecule has 1 heterocycles. The Labute approximate surface area is 152 Å². The summed E-state index contributed by atoms with van der Waals surface area (Å²) >= 11 is 5.91. The minimum Gasteiger partial charge on any atom is -0.379 e. The highest BCUT2D eigenvalue weighted by Gasteiger charge is 2.11.